The molecule has 6 nitrogen and oxygen atoms in total. The smallest absolute Gasteiger partial charge is 0.221 e. The van der Waals surface area contributed by atoms with Gasteiger partial charge in [-0.3, -0.25) is 9.79 Å². The highest BCUT2D eigenvalue weighted by atomic mass is 32.1. The molecule has 4 N–H and O–H groups in total. The zero-order valence-electron chi connectivity index (χ0n) is 17.0. The van der Waals surface area contributed by atoms with Crippen LogP contribution >= 0.6 is 11.3 Å². The number of likely N-dealkylation sites (tertiary alicyclic amines) is 1. The van der Waals surface area contributed by atoms with Gasteiger partial charge in [0.1, 0.15) is 0 Å². The molecule has 1 aliphatic rings. The average molecular weight is 394 g/mol. The van der Waals surface area contributed by atoms with Gasteiger partial charge in [-0.25, -0.2) is 0 Å². The van der Waals surface area contributed by atoms with Crippen LogP contribution < -0.4 is 16.4 Å². The Morgan fingerprint density at radius 1 is 1.44 bits per heavy atom. The molecule has 1 aliphatic heterocycles. The minimum absolute atomic E-state index is 0.0186. The number of carbonyl (C=O) groups is 1. The second-order valence-corrected chi connectivity index (χ2v) is 8.83. The van der Waals surface area contributed by atoms with E-state index in [1.807, 2.05) is 0 Å². The first-order valence-electron chi connectivity index (χ1n) is 10.00. The first kappa shape index (κ1) is 21.7. The summed E-state index contributed by atoms with van der Waals surface area (Å²) in [6, 6.07) is 4.27. The summed E-state index contributed by atoms with van der Waals surface area (Å²) in [6.45, 7) is 11.9. The lowest BCUT2D eigenvalue weighted by Crippen LogP contribution is -2.43. The molecule has 1 unspecified atom stereocenters. The van der Waals surface area contributed by atoms with Crippen LogP contribution in [0.15, 0.2) is 22.5 Å². The Kier molecular flexibility index (Phi) is 8.57. The summed E-state index contributed by atoms with van der Waals surface area (Å²) in [6.07, 6.45) is 3.01. The Bertz CT molecular complexity index is 600. The maximum atomic E-state index is 11.4. The van der Waals surface area contributed by atoms with Gasteiger partial charge in [0.15, 0.2) is 5.96 Å². The lowest BCUT2D eigenvalue weighted by molar-refractivity contribution is -0.123. The predicted molar refractivity (Wildman–Crippen MR) is 114 cm³/mol. The topological polar surface area (TPSA) is 82.8 Å². The number of piperidine rings is 1. The molecule has 1 aromatic heterocycles. The molecule has 1 aromatic rings. The molecular weight excluding hydrogens is 358 g/mol. The number of nitrogens with zero attached hydrogens (tertiary/aromatic N) is 2. The third-order valence-corrected chi connectivity index (χ3v) is 6.25. The van der Waals surface area contributed by atoms with Crippen LogP contribution in [0.25, 0.3) is 0 Å². The van der Waals surface area contributed by atoms with Crippen LogP contribution in [0, 0.1) is 5.92 Å². The summed E-state index contributed by atoms with van der Waals surface area (Å²) in [5.74, 6) is 0.730. The van der Waals surface area contributed by atoms with Gasteiger partial charge in [0.05, 0.1) is 12.5 Å². The van der Waals surface area contributed by atoms with Crippen molar-refractivity contribution in [3.05, 3.63) is 22.4 Å². The third-order valence-electron chi connectivity index (χ3n) is 5.02. The molecule has 1 saturated heterocycles. The van der Waals surface area contributed by atoms with Crippen molar-refractivity contribution in [1.29, 1.82) is 0 Å². The minimum Gasteiger partial charge on any atom is -0.369 e. The van der Waals surface area contributed by atoms with E-state index < -0.39 is 0 Å². The van der Waals surface area contributed by atoms with Gasteiger partial charge in [0.25, 0.3) is 0 Å². The van der Waals surface area contributed by atoms with Gasteiger partial charge in [0, 0.05) is 29.9 Å². The summed E-state index contributed by atoms with van der Waals surface area (Å²) in [5.41, 5.74) is 5.50. The van der Waals surface area contributed by atoms with Gasteiger partial charge in [-0.1, -0.05) is 19.9 Å². The zero-order valence-corrected chi connectivity index (χ0v) is 17.8. The highest BCUT2D eigenvalue weighted by molar-refractivity contribution is 7.10. The zero-order chi connectivity index (χ0) is 19.7. The molecular formula is C20H35N5OS. The van der Waals surface area contributed by atoms with E-state index in [1.54, 1.807) is 11.3 Å². The summed E-state index contributed by atoms with van der Waals surface area (Å²) < 4.78 is 0. The van der Waals surface area contributed by atoms with Crippen molar-refractivity contribution in [2.45, 2.75) is 45.4 Å². The number of carbonyl (C=O) groups excluding carboxylic acids is 1. The minimum atomic E-state index is -0.159. The van der Waals surface area contributed by atoms with Crippen molar-refractivity contribution in [2.75, 3.05) is 39.3 Å². The summed E-state index contributed by atoms with van der Waals surface area (Å²) in [7, 11) is 0. The molecule has 0 aliphatic carbocycles. The van der Waals surface area contributed by atoms with Gasteiger partial charge in [-0.05, 0) is 50.7 Å². The first-order chi connectivity index (χ1) is 12.9. The van der Waals surface area contributed by atoms with Crippen molar-refractivity contribution < 1.29 is 4.79 Å². The van der Waals surface area contributed by atoms with Crippen LogP contribution in [0.3, 0.4) is 0 Å². The molecule has 2 rings (SSSR count). The van der Waals surface area contributed by atoms with Crippen molar-refractivity contribution in [3.63, 3.8) is 0 Å². The number of aliphatic imine (C=N–C) groups is 1. The Morgan fingerprint density at radius 2 is 2.26 bits per heavy atom. The van der Waals surface area contributed by atoms with Gasteiger partial charge in [-0.2, -0.15) is 0 Å². The molecule has 1 fully saturated rings. The van der Waals surface area contributed by atoms with Gasteiger partial charge in [-0.15, -0.1) is 11.3 Å². The Hall–Kier alpha value is -1.60. The summed E-state index contributed by atoms with van der Waals surface area (Å²) in [4.78, 5) is 19.9. The maximum Gasteiger partial charge on any atom is 0.221 e. The van der Waals surface area contributed by atoms with E-state index >= 15 is 0 Å². The SMILES string of the molecule is CCNC(=NCC(C)(C)c1cccs1)NCCCN1CCCC(C(N)=O)C1. The van der Waals surface area contributed by atoms with Crippen LogP contribution in [0.2, 0.25) is 0 Å². The normalized spacial score (nSPS) is 19.1. The maximum absolute atomic E-state index is 11.4. The predicted octanol–water partition coefficient (Wildman–Crippen LogP) is 2.17. The standard InChI is InChI=1S/C20H35N5OS/c1-4-22-19(24-15-20(2,3)17-9-6-13-27-17)23-10-7-12-25-11-5-8-16(14-25)18(21)26/h6,9,13,16H,4-5,7-8,10-12,14-15H2,1-3H3,(H2,21,26)(H2,22,23,24). The molecule has 0 bridgehead atoms. The third kappa shape index (κ3) is 7.14. The Morgan fingerprint density at radius 3 is 2.93 bits per heavy atom. The van der Waals surface area contributed by atoms with E-state index in [-0.39, 0.29) is 17.2 Å². The van der Waals surface area contributed by atoms with Crippen molar-refractivity contribution >= 4 is 23.2 Å². The largest absolute Gasteiger partial charge is 0.369 e. The number of hydrogen-bond donors (Lipinski definition) is 3. The molecule has 152 valence electrons. The van der Waals surface area contributed by atoms with Crippen molar-refractivity contribution in [3.8, 4) is 0 Å². The molecule has 0 saturated carbocycles. The van der Waals surface area contributed by atoms with Gasteiger partial charge in [0.2, 0.25) is 5.91 Å². The van der Waals surface area contributed by atoms with Crippen molar-refractivity contribution in [1.82, 2.24) is 15.5 Å². The highest BCUT2D eigenvalue weighted by Gasteiger charge is 2.23. The molecule has 1 amide bonds. The fourth-order valence-corrected chi connectivity index (χ4v) is 4.20. The second kappa shape index (κ2) is 10.7. The van der Waals surface area contributed by atoms with E-state index in [0.717, 1.165) is 64.5 Å². The molecule has 1 atom stereocenters. The van der Waals surface area contributed by atoms with Crippen LogP contribution in [-0.4, -0.2) is 56.0 Å². The molecule has 0 spiro atoms. The molecule has 0 radical (unpaired) electrons. The molecule has 27 heavy (non-hydrogen) atoms. The van der Waals surface area contributed by atoms with E-state index in [4.69, 9.17) is 10.7 Å². The number of hydrogen-bond acceptors (Lipinski definition) is 4. The van der Waals surface area contributed by atoms with E-state index in [0.29, 0.717) is 0 Å². The number of amides is 1. The van der Waals surface area contributed by atoms with Crippen molar-refractivity contribution in [2.24, 2.45) is 16.6 Å². The van der Waals surface area contributed by atoms with E-state index in [9.17, 15) is 4.79 Å². The van der Waals surface area contributed by atoms with Crippen LogP contribution in [0.4, 0.5) is 0 Å². The monoisotopic (exact) mass is 393 g/mol. The summed E-state index contributed by atoms with van der Waals surface area (Å²) in [5, 5.41) is 8.88. The quantitative estimate of drug-likeness (QED) is 0.341. The Balaban J connectivity index is 1.76. The number of primary amides is 1. The molecule has 2 heterocycles. The highest BCUT2D eigenvalue weighted by Crippen LogP contribution is 2.27. The van der Waals surface area contributed by atoms with Crippen LogP contribution in [0.1, 0.15) is 44.9 Å². The lowest BCUT2D eigenvalue weighted by Gasteiger charge is -2.31. The van der Waals surface area contributed by atoms with E-state index in [1.165, 1.54) is 4.88 Å². The number of nitrogens with one attached hydrogen (secondary N) is 2. The fraction of sp³-hybridized carbons (Fsp3) is 0.700. The van der Waals surface area contributed by atoms with Crippen LogP contribution in [0.5, 0.6) is 0 Å². The second-order valence-electron chi connectivity index (χ2n) is 7.88. The van der Waals surface area contributed by atoms with Crippen LogP contribution in [-0.2, 0) is 10.2 Å². The number of rotatable bonds is 9. The van der Waals surface area contributed by atoms with Gasteiger partial charge >= 0.3 is 0 Å². The number of guanidine groups is 1. The molecule has 7 heteroatoms. The lowest BCUT2D eigenvalue weighted by atomic mass is 9.92. The van der Waals surface area contributed by atoms with Gasteiger partial charge < -0.3 is 21.3 Å². The fourth-order valence-electron chi connectivity index (χ4n) is 3.36. The average Bonchev–Trinajstić information content (AvgIpc) is 3.19. The molecule has 0 aromatic carbocycles. The number of nitrogens with two attached hydrogens (primary N) is 1. The first-order valence-corrected chi connectivity index (χ1v) is 10.9. The summed E-state index contributed by atoms with van der Waals surface area (Å²) >= 11 is 1.79. The number of thiophene rings is 1. The van der Waals surface area contributed by atoms with E-state index in [2.05, 4.69) is 53.8 Å². The Labute approximate surface area is 167 Å².